The number of benzene rings is 1. The van der Waals surface area contributed by atoms with Gasteiger partial charge in [0.15, 0.2) is 0 Å². The molecule has 0 aliphatic carbocycles. The molecule has 0 amide bonds. The van der Waals surface area contributed by atoms with Crippen molar-refractivity contribution >= 4 is 5.97 Å². The van der Waals surface area contributed by atoms with Crippen LogP contribution >= 0.6 is 0 Å². The predicted molar refractivity (Wildman–Crippen MR) is 56.7 cm³/mol. The minimum atomic E-state index is -0.632. The largest absolute Gasteiger partial charge is 0.507 e. The molecule has 0 unspecified atom stereocenters. The van der Waals surface area contributed by atoms with Crippen molar-refractivity contribution in [1.82, 2.24) is 0 Å². The molecular formula is C11H14O4. The van der Waals surface area contributed by atoms with Gasteiger partial charge >= 0.3 is 5.97 Å². The number of hydrogen-bond donors (Lipinski definition) is 2. The molecule has 0 saturated heterocycles. The summed E-state index contributed by atoms with van der Waals surface area (Å²) in [6.45, 7) is 5.71. The van der Waals surface area contributed by atoms with Crippen LogP contribution in [-0.4, -0.2) is 29.4 Å². The molecule has 2 N–H and O–H groups in total. The van der Waals surface area contributed by atoms with E-state index in [1.165, 1.54) is 12.1 Å². The van der Waals surface area contributed by atoms with Crippen LogP contribution in [0, 0.1) is 0 Å². The SMILES string of the molecule is C=C.O=C(OCCO)c1ccccc1O. The van der Waals surface area contributed by atoms with Crippen molar-refractivity contribution in [2.45, 2.75) is 0 Å². The standard InChI is InChI=1S/C9H10O4.C2H4/c10-5-6-13-9(12)7-3-1-2-4-8(7)11;1-2/h1-4,10-11H,5-6H2;1-2H2. The fraction of sp³-hybridized carbons (Fsp3) is 0.182. The topological polar surface area (TPSA) is 66.8 Å². The Balaban J connectivity index is 0.000000921. The van der Waals surface area contributed by atoms with Gasteiger partial charge in [-0.3, -0.25) is 0 Å². The van der Waals surface area contributed by atoms with Crippen molar-refractivity contribution in [3.8, 4) is 5.75 Å². The first-order valence-electron chi connectivity index (χ1n) is 4.31. The monoisotopic (exact) mass is 210 g/mol. The number of esters is 1. The fourth-order valence-electron chi connectivity index (χ4n) is 0.862. The zero-order valence-electron chi connectivity index (χ0n) is 8.35. The molecule has 0 aliphatic rings. The van der Waals surface area contributed by atoms with E-state index in [1.54, 1.807) is 12.1 Å². The summed E-state index contributed by atoms with van der Waals surface area (Å²) in [5, 5.41) is 17.6. The molecule has 4 heteroatoms. The lowest BCUT2D eigenvalue weighted by molar-refractivity contribution is 0.0430. The van der Waals surface area contributed by atoms with Gasteiger partial charge in [-0.05, 0) is 12.1 Å². The molecule has 1 rings (SSSR count). The summed E-state index contributed by atoms with van der Waals surface area (Å²) < 4.78 is 4.61. The molecular weight excluding hydrogens is 196 g/mol. The van der Waals surface area contributed by atoms with Gasteiger partial charge in [-0.2, -0.15) is 0 Å². The van der Waals surface area contributed by atoms with Gasteiger partial charge in [0.25, 0.3) is 0 Å². The molecule has 0 saturated carbocycles. The minimum Gasteiger partial charge on any atom is -0.507 e. The van der Waals surface area contributed by atoms with Gasteiger partial charge in [-0.15, -0.1) is 13.2 Å². The molecule has 82 valence electrons. The van der Waals surface area contributed by atoms with Crippen LogP contribution in [0.2, 0.25) is 0 Å². The summed E-state index contributed by atoms with van der Waals surface area (Å²) in [5.41, 5.74) is 0.107. The van der Waals surface area contributed by atoms with Crippen molar-refractivity contribution in [3.63, 3.8) is 0 Å². The Morgan fingerprint density at radius 3 is 2.47 bits per heavy atom. The first-order valence-corrected chi connectivity index (χ1v) is 4.31. The number of ether oxygens (including phenoxy) is 1. The smallest absolute Gasteiger partial charge is 0.341 e. The summed E-state index contributed by atoms with van der Waals surface area (Å²) in [6, 6.07) is 6.08. The lowest BCUT2D eigenvalue weighted by Crippen LogP contribution is -2.08. The Labute approximate surface area is 88.4 Å². The van der Waals surface area contributed by atoms with E-state index in [-0.39, 0.29) is 24.5 Å². The van der Waals surface area contributed by atoms with Crippen molar-refractivity contribution in [3.05, 3.63) is 43.0 Å². The lowest BCUT2D eigenvalue weighted by atomic mass is 10.2. The van der Waals surface area contributed by atoms with Crippen LogP contribution in [0.4, 0.5) is 0 Å². The number of phenolic OH excluding ortho intramolecular Hbond substituents is 1. The van der Waals surface area contributed by atoms with Crippen LogP contribution in [0.1, 0.15) is 10.4 Å². The van der Waals surface area contributed by atoms with Crippen molar-refractivity contribution in [1.29, 1.82) is 0 Å². The highest BCUT2D eigenvalue weighted by molar-refractivity contribution is 5.92. The van der Waals surface area contributed by atoms with Crippen LogP contribution in [-0.2, 0) is 4.74 Å². The Morgan fingerprint density at radius 1 is 1.33 bits per heavy atom. The van der Waals surface area contributed by atoms with Crippen LogP contribution in [0.25, 0.3) is 0 Å². The van der Waals surface area contributed by atoms with E-state index >= 15 is 0 Å². The average Bonchev–Trinajstić information content (AvgIpc) is 2.29. The van der Waals surface area contributed by atoms with Gasteiger partial charge in [-0.1, -0.05) is 12.1 Å². The van der Waals surface area contributed by atoms with E-state index in [1.807, 2.05) is 0 Å². The summed E-state index contributed by atoms with van der Waals surface area (Å²) in [7, 11) is 0. The molecule has 0 bridgehead atoms. The van der Waals surface area contributed by atoms with Gasteiger partial charge in [0.1, 0.15) is 17.9 Å². The molecule has 0 atom stereocenters. The molecule has 1 aromatic carbocycles. The van der Waals surface area contributed by atoms with Crippen LogP contribution in [0.5, 0.6) is 5.75 Å². The number of aliphatic hydroxyl groups is 1. The molecule has 4 nitrogen and oxygen atoms in total. The van der Waals surface area contributed by atoms with E-state index in [0.717, 1.165) is 0 Å². The first kappa shape index (κ1) is 13.2. The van der Waals surface area contributed by atoms with Crippen LogP contribution in [0.3, 0.4) is 0 Å². The molecule has 0 aromatic heterocycles. The van der Waals surface area contributed by atoms with E-state index in [9.17, 15) is 9.90 Å². The number of phenols is 1. The van der Waals surface area contributed by atoms with Gasteiger partial charge in [-0.25, -0.2) is 4.79 Å². The molecule has 0 spiro atoms. The van der Waals surface area contributed by atoms with Gasteiger partial charge in [0, 0.05) is 0 Å². The molecule has 0 fully saturated rings. The van der Waals surface area contributed by atoms with E-state index in [0.29, 0.717) is 0 Å². The average molecular weight is 210 g/mol. The zero-order chi connectivity index (χ0) is 11.7. The third-order valence-corrected chi connectivity index (χ3v) is 1.45. The minimum absolute atomic E-state index is 0.0623. The maximum Gasteiger partial charge on any atom is 0.341 e. The van der Waals surface area contributed by atoms with Crippen LogP contribution in [0.15, 0.2) is 37.4 Å². The zero-order valence-corrected chi connectivity index (χ0v) is 8.35. The quantitative estimate of drug-likeness (QED) is 0.583. The second-order valence-electron chi connectivity index (χ2n) is 2.38. The molecule has 15 heavy (non-hydrogen) atoms. The van der Waals surface area contributed by atoms with Gasteiger partial charge < -0.3 is 14.9 Å². The summed E-state index contributed by atoms with van der Waals surface area (Å²) >= 11 is 0. The maximum atomic E-state index is 11.1. The van der Waals surface area contributed by atoms with E-state index in [2.05, 4.69) is 17.9 Å². The van der Waals surface area contributed by atoms with Crippen molar-refractivity contribution < 1.29 is 19.7 Å². The number of carbonyl (C=O) groups excluding carboxylic acids is 1. The highest BCUT2D eigenvalue weighted by atomic mass is 16.5. The molecule has 0 aliphatic heterocycles. The summed E-state index contributed by atoms with van der Waals surface area (Å²) in [4.78, 5) is 11.1. The third kappa shape index (κ3) is 4.28. The molecule has 1 aromatic rings. The second-order valence-corrected chi connectivity index (χ2v) is 2.38. The predicted octanol–water partition coefficient (Wildman–Crippen LogP) is 1.34. The van der Waals surface area contributed by atoms with Crippen molar-refractivity contribution in [2.75, 3.05) is 13.2 Å². The van der Waals surface area contributed by atoms with Gasteiger partial charge in [0.05, 0.1) is 6.61 Å². The Hall–Kier alpha value is -1.81. The van der Waals surface area contributed by atoms with Crippen molar-refractivity contribution in [2.24, 2.45) is 0 Å². The summed E-state index contributed by atoms with van der Waals surface area (Å²) in [5.74, 6) is -0.752. The molecule has 0 heterocycles. The number of aromatic hydroxyl groups is 1. The van der Waals surface area contributed by atoms with E-state index < -0.39 is 5.97 Å². The first-order chi connectivity index (χ1) is 7.25. The molecule has 0 radical (unpaired) electrons. The number of hydrogen-bond acceptors (Lipinski definition) is 4. The Kier molecular flexibility index (Phi) is 6.67. The Morgan fingerprint density at radius 2 is 1.93 bits per heavy atom. The maximum absolute atomic E-state index is 11.1. The summed E-state index contributed by atoms with van der Waals surface area (Å²) in [6.07, 6.45) is 0. The van der Waals surface area contributed by atoms with Gasteiger partial charge in [0.2, 0.25) is 0 Å². The fourth-order valence-corrected chi connectivity index (χ4v) is 0.862. The number of para-hydroxylation sites is 1. The van der Waals surface area contributed by atoms with Crippen LogP contribution < -0.4 is 0 Å². The highest BCUT2D eigenvalue weighted by Crippen LogP contribution is 2.16. The van der Waals surface area contributed by atoms with E-state index in [4.69, 9.17) is 5.11 Å². The second kappa shape index (κ2) is 7.58. The lowest BCUT2D eigenvalue weighted by Gasteiger charge is -2.03. The highest BCUT2D eigenvalue weighted by Gasteiger charge is 2.10. The number of carbonyl (C=O) groups is 1. The Bertz CT molecular complexity index is 309. The number of rotatable bonds is 3. The third-order valence-electron chi connectivity index (χ3n) is 1.45. The normalized spacial score (nSPS) is 8.60. The number of aliphatic hydroxyl groups excluding tert-OH is 1.